The minimum Gasteiger partial charge on any atom is -0.366 e. The minimum absolute atomic E-state index is 0.463. The number of halogens is 1. The largest absolute Gasteiger partial charge is 0.366 e. The monoisotopic (exact) mass is 249 g/mol. The van der Waals surface area contributed by atoms with Gasteiger partial charge in [-0.3, -0.25) is 0 Å². The number of likely N-dealkylation sites (N-methyl/N-ethyl adjacent to an activating group) is 1. The number of anilines is 1. The van der Waals surface area contributed by atoms with Gasteiger partial charge in [0.05, 0.1) is 16.3 Å². The number of nitrogens with one attached hydrogen (secondary N) is 1. The first-order valence-corrected chi connectivity index (χ1v) is 6.31. The molecule has 0 bridgehead atoms. The van der Waals surface area contributed by atoms with Gasteiger partial charge in [0, 0.05) is 19.1 Å². The van der Waals surface area contributed by atoms with E-state index in [1.165, 1.54) is 0 Å². The SMILES string of the molecule is CCN(c1cccc(Cl)c1C#N)C1CCNC1. The number of hydrogen-bond donors (Lipinski definition) is 1. The van der Waals surface area contributed by atoms with Crippen molar-refractivity contribution in [3.05, 3.63) is 28.8 Å². The van der Waals surface area contributed by atoms with Crippen molar-refractivity contribution in [3.8, 4) is 6.07 Å². The summed E-state index contributed by atoms with van der Waals surface area (Å²) >= 11 is 6.07. The summed E-state index contributed by atoms with van der Waals surface area (Å²) in [5, 5.41) is 13.1. The van der Waals surface area contributed by atoms with Crippen LogP contribution in [-0.2, 0) is 0 Å². The quantitative estimate of drug-likeness (QED) is 0.894. The predicted octanol–water partition coefficient (Wildman–Crippen LogP) is 2.40. The molecule has 1 fully saturated rings. The van der Waals surface area contributed by atoms with Crippen LogP contribution in [0.3, 0.4) is 0 Å². The van der Waals surface area contributed by atoms with Crippen molar-refractivity contribution in [2.45, 2.75) is 19.4 Å². The molecule has 0 saturated carbocycles. The van der Waals surface area contributed by atoms with Gasteiger partial charge in [0.25, 0.3) is 0 Å². The van der Waals surface area contributed by atoms with Crippen LogP contribution in [0.2, 0.25) is 5.02 Å². The van der Waals surface area contributed by atoms with E-state index >= 15 is 0 Å². The van der Waals surface area contributed by atoms with Crippen LogP contribution in [0.4, 0.5) is 5.69 Å². The summed E-state index contributed by atoms with van der Waals surface area (Å²) in [6.45, 7) is 5.02. The molecule has 0 radical (unpaired) electrons. The normalized spacial score (nSPS) is 19.0. The van der Waals surface area contributed by atoms with Gasteiger partial charge in [-0.05, 0) is 32.0 Å². The van der Waals surface area contributed by atoms with Crippen molar-refractivity contribution in [2.24, 2.45) is 0 Å². The van der Waals surface area contributed by atoms with Gasteiger partial charge in [-0.2, -0.15) is 5.26 Å². The summed E-state index contributed by atoms with van der Waals surface area (Å²) in [5.41, 5.74) is 1.54. The van der Waals surface area contributed by atoms with Gasteiger partial charge in [0.1, 0.15) is 6.07 Å². The Hall–Kier alpha value is -1.24. The zero-order valence-electron chi connectivity index (χ0n) is 9.91. The minimum atomic E-state index is 0.463. The first-order valence-electron chi connectivity index (χ1n) is 5.94. The molecule has 90 valence electrons. The van der Waals surface area contributed by atoms with Crippen molar-refractivity contribution >= 4 is 17.3 Å². The molecule has 0 aromatic heterocycles. The van der Waals surface area contributed by atoms with E-state index in [2.05, 4.69) is 23.2 Å². The van der Waals surface area contributed by atoms with E-state index < -0.39 is 0 Å². The Morgan fingerprint density at radius 1 is 1.59 bits per heavy atom. The molecule has 1 saturated heterocycles. The van der Waals surface area contributed by atoms with Crippen LogP contribution in [0.5, 0.6) is 0 Å². The molecular formula is C13H16ClN3. The number of nitriles is 1. The third kappa shape index (κ3) is 2.38. The molecule has 0 spiro atoms. The van der Waals surface area contributed by atoms with Crippen molar-refractivity contribution in [1.82, 2.24) is 5.32 Å². The number of benzene rings is 1. The van der Waals surface area contributed by atoms with Gasteiger partial charge in [-0.1, -0.05) is 17.7 Å². The average Bonchev–Trinajstić information content (AvgIpc) is 2.84. The number of nitrogens with zero attached hydrogens (tertiary/aromatic N) is 2. The molecule has 4 heteroatoms. The van der Waals surface area contributed by atoms with E-state index in [0.717, 1.165) is 31.7 Å². The van der Waals surface area contributed by atoms with Crippen molar-refractivity contribution in [2.75, 3.05) is 24.5 Å². The fraction of sp³-hybridized carbons (Fsp3) is 0.462. The summed E-state index contributed by atoms with van der Waals surface area (Å²) in [6, 6.07) is 8.32. The summed E-state index contributed by atoms with van der Waals surface area (Å²) in [4.78, 5) is 2.27. The van der Waals surface area contributed by atoms with E-state index in [0.29, 0.717) is 16.6 Å². The molecule has 0 amide bonds. The molecule has 0 aliphatic carbocycles. The lowest BCUT2D eigenvalue weighted by atomic mass is 10.1. The average molecular weight is 250 g/mol. The molecule has 1 aliphatic rings. The van der Waals surface area contributed by atoms with Crippen molar-refractivity contribution in [3.63, 3.8) is 0 Å². The highest BCUT2D eigenvalue weighted by Crippen LogP contribution is 2.29. The number of rotatable bonds is 3. The maximum Gasteiger partial charge on any atom is 0.103 e. The number of hydrogen-bond acceptors (Lipinski definition) is 3. The molecule has 2 rings (SSSR count). The Kier molecular flexibility index (Phi) is 3.88. The van der Waals surface area contributed by atoms with Crippen LogP contribution in [0, 0.1) is 11.3 Å². The first-order chi connectivity index (χ1) is 8.27. The highest BCUT2D eigenvalue weighted by atomic mass is 35.5. The molecule has 1 aromatic rings. The lowest BCUT2D eigenvalue weighted by Crippen LogP contribution is -2.37. The van der Waals surface area contributed by atoms with Gasteiger partial charge in [0.15, 0.2) is 0 Å². The Labute approximate surface area is 107 Å². The van der Waals surface area contributed by atoms with E-state index in [4.69, 9.17) is 11.6 Å². The predicted molar refractivity (Wildman–Crippen MR) is 70.5 cm³/mol. The zero-order valence-corrected chi connectivity index (χ0v) is 10.7. The van der Waals surface area contributed by atoms with Gasteiger partial charge >= 0.3 is 0 Å². The molecule has 1 unspecified atom stereocenters. The van der Waals surface area contributed by atoms with Crippen molar-refractivity contribution < 1.29 is 0 Å². The second-order valence-corrected chi connectivity index (χ2v) is 4.59. The summed E-state index contributed by atoms with van der Waals surface area (Å²) in [6.07, 6.45) is 1.12. The molecule has 3 nitrogen and oxygen atoms in total. The summed E-state index contributed by atoms with van der Waals surface area (Å²) in [7, 11) is 0. The molecule has 1 heterocycles. The lowest BCUT2D eigenvalue weighted by molar-refractivity contribution is 0.647. The lowest BCUT2D eigenvalue weighted by Gasteiger charge is -2.30. The van der Waals surface area contributed by atoms with Crippen LogP contribution in [0.15, 0.2) is 18.2 Å². The van der Waals surface area contributed by atoms with Crippen LogP contribution >= 0.6 is 11.6 Å². The smallest absolute Gasteiger partial charge is 0.103 e. The fourth-order valence-electron chi connectivity index (χ4n) is 2.39. The van der Waals surface area contributed by atoms with E-state index in [1.807, 2.05) is 12.1 Å². The second kappa shape index (κ2) is 5.39. The molecule has 1 aliphatic heterocycles. The van der Waals surface area contributed by atoms with E-state index in [1.54, 1.807) is 6.07 Å². The molecular weight excluding hydrogens is 234 g/mol. The maximum atomic E-state index is 9.21. The Balaban J connectivity index is 2.37. The second-order valence-electron chi connectivity index (χ2n) is 4.18. The highest BCUT2D eigenvalue weighted by molar-refractivity contribution is 6.32. The third-order valence-electron chi connectivity index (χ3n) is 3.23. The molecule has 1 aromatic carbocycles. The van der Waals surface area contributed by atoms with Gasteiger partial charge < -0.3 is 10.2 Å². The Morgan fingerprint density at radius 2 is 2.41 bits per heavy atom. The standard InChI is InChI=1S/C13H16ClN3/c1-2-17(10-6-7-16-9-10)13-5-3-4-12(14)11(13)8-15/h3-5,10,16H,2,6-7,9H2,1H3. The Morgan fingerprint density at radius 3 is 3.00 bits per heavy atom. The molecule has 1 N–H and O–H groups in total. The van der Waals surface area contributed by atoms with E-state index in [-0.39, 0.29) is 0 Å². The first kappa shape index (κ1) is 12.2. The zero-order chi connectivity index (χ0) is 12.3. The summed E-state index contributed by atoms with van der Waals surface area (Å²) < 4.78 is 0. The van der Waals surface area contributed by atoms with Crippen LogP contribution in [0.25, 0.3) is 0 Å². The Bertz CT molecular complexity index is 433. The van der Waals surface area contributed by atoms with Gasteiger partial charge in [0.2, 0.25) is 0 Å². The summed E-state index contributed by atoms with van der Waals surface area (Å²) in [5.74, 6) is 0. The molecule has 17 heavy (non-hydrogen) atoms. The van der Waals surface area contributed by atoms with Crippen LogP contribution in [-0.4, -0.2) is 25.7 Å². The highest BCUT2D eigenvalue weighted by Gasteiger charge is 2.23. The van der Waals surface area contributed by atoms with E-state index in [9.17, 15) is 5.26 Å². The van der Waals surface area contributed by atoms with Crippen molar-refractivity contribution in [1.29, 1.82) is 5.26 Å². The van der Waals surface area contributed by atoms with Crippen LogP contribution in [0.1, 0.15) is 18.9 Å². The van der Waals surface area contributed by atoms with Gasteiger partial charge in [-0.25, -0.2) is 0 Å². The molecule has 1 atom stereocenters. The topological polar surface area (TPSA) is 39.1 Å². The fourth-order valence-corrected chi connectivity index (χ4v) is 2.61. The van der Waals surface area contributed by atoms with Crippen LogP contribution < -0.4 is 10.2 Å². The maximum absolute atomic E-state index is 9.21. The van der Waals surface area contributed by atoms with Gasteiger partial charge in [-0.15, -0.1) is 0 Å². The third-order valence-corrected chi connectivity index (χ3v) is 3.54.